The van der Waals surface area contributed by atoms with E-state index >= 15 is 0 Å². The number of benzene rings is 1. The molecular formula is C15H20BFO4. The molecule has 0 aromatic heterocycles. The van der Waals surface area contributed by atoms with E-state index in [1.807, 2.05) is 27.7 Å². The molecular weight excluding hydrogens is 274 g/mol. The first-order valence-electron chi connectivity index (χ1n) is 6.87. The van der Waals surface area contributed by atoms with E-state index in [0.717, 1.165) is 0 Å². The van der Waals surface area contributed by atoms with Gasteiger partial charge in [-0.05, 0) is 45.4 Å². The number of hydrogen-bond acceptors (Lipinski definition) is 4. The highest BCUT2D eigenvalue weighted by atomic mass is 19.1. The van der Waals surface area contributed by atoms with E-state index in [1.165, 1.54) is 19.2 Å². The lowest BCUT2D eigenvalue weighted by Gasteiger charge is -2.32. The zero-order chi connectivity index (χ0) is 15.8. The maximum Gasteiger partial charge on any atom is 0.477 e. The number of methoxy groups -OCH3 is 1. The molecule has 0 aliphatic carbocycles. The van der Waals surface area contributed by atoms with Crippen LogP contribution in [0.2, 0.25) is 0 Å². The van der Waals surface area contributed by atoms with Gasteiger partial charge in [0, 0.05) is 0 Å². The average molecular weight is 294 g/mol. The maximum absolute atomic E-state index is 13.1. The van der Waals surface area contributed by atoms with Crippen LogP contribution in [0.25, 0.3) is 0 Å². The molecule has 0 spiro atoms. The van der Waals surface area contributed by atoms with E-state index in [-0.39, 0.29) is 5.82 Å². The molecule has 0 bridgehead atoms. The standard InChI is InChI=1S/C15H20BFO4/c1-14(2)15(3,4)21-16(20-14)12(13(18)19-5)10-6-8-11(17)9-7-10/h6-9,12H,1-5H3/t12-/m1/s1. The van der Waals surface area contributed by atoms with Gasteiger partial charge in [-0.25, -0.2) is 4.39 Å². The molecule has 1 aromatic rings. The van der Waals surface area contributed by atoms with Crippen molar-refractivity contribution in [3.8, 4) is 0 Å². The minimum Gasteiger partial charge on any atom is -0.469 e. The van der Waals surface area contributed by atoms with Gasteiger partial charge in [0.25, 0.3) is 0 Å². The zero-order valence-corrected chi connectivity index (χ0v) is 13.0. The largest absolute Gasteiger partial charge is 0.477 e. The Morgan fingerprint density at radius 3 is 2.05 bits per heavy atom. The lowest BCUT2D eigenvalue weighted by Crippen LogP contribution is -2.41. The molecule has 6 heteroatoms. The first-order chi connectivity index (χ1) is 9.68. The molecule has 1 saturated heterocycles. The molecule has 0 saturated carbocycles. The van der Waals surface area contributed by atoms with Crippen molar-refractivity contribution < 1.29 is 23.2 Å². The van der Waals surface area contributed by atoms with Gasteiger partial charge in [-0.2, -0.15) is 0 Å². The van der Waals surface area contributed by atoms with Crippen LogP contribution >= 0.6 is 0 Å². The molecule has 1 aliphatic rings. The third kappa shape index (κ3) is 2.96. The van der Waals surface area contributed by atoms with Crippen molar-refractivity contribution in [1.82, 2.24) is 0 Å². The number of hydrogen-bond donors (Lipinski definition) is 0. The average Bonchev–Trinajstić information content (AvgIpc) is 2.60. The Bertz CT molecular complexity index is 511. The molecule has 114 valence electrons. The SMILES string of the molecule is COC(=O)[C@H](B1OC(C)(C)C(C)(C)O1)c1ccc(F)cc1. The Hall–Kier alpha value is -1.40. The van der Waals surface area contributed by atoms with Crippen molar-refractivity contribution in [2.75, 3.05) is 7.11 Å². The topological polar surface area (TPSA) is 44.8 Å². The number of rotatable bonds is 3. The van der Waals surface area contributed by atoms with Gasteiger partial charge in [0.2, 0.25) is 0 Å². The number of halogens is 1. The summed E-state index contributed by atoms with van der Waals surface area (Å²) in [5, 5.41) is 0. The Kier molecular flexibility index (Phi) is 4.13. The van der Waals surface area contributed by atoms with Crippen LogP contribution in [0.3, 0.4) is 0 Å². The van der Waals surface area contributed by atoms with E-state index in [4.69, 9.17) is 14.0 Å². The quantitative estimate of drug-likeness (QED) is 0.635. The maximum atomic E-state index is 13.1. The Labute approximate surface area is 124 Å². The minimum atomic E-state index is -0.770. The fourth-order valence-corrected chi connectivity index (χ4v) is 2.23. The van der Waals surface area contributed by atoms with E-state index in [1.54, 1.807) is 12.1 Å². The highest BCUT2D eigenvalue weighted by Crippen LogP contribution is 2.41. The highest BCUT2D eigenvalue weighted by Gasteiger charge is 2.56. The second-order valence-electron chi connectivity index (χ2n) is 6.18. The summed E-state index contributed by atoms with van der Waals surface area (Å²) >= 11 is 0. The first kappa shape index (κ1) is 16.0. The van der Waals surface area contributed by atoms with Crippen LogP contribution in [-0.4, -0.2) is 31.4 Å². The van der Waals surface area contributed by atoms with Gasteiger partial charge in [-0.3, -0.25) is 4.79 Å². The Balaban J connectivity index is 2.35. The van der Waals surface area contributed by atoms with Crippen molar-refractivity contribution in [3.05, 3.63) is 35.6 Å². The number of carbonyl (C=O) groups is 1. The second-order valence-corrected chi connectivity index (χ2v) is 6.18. The monoisotopic (exact) mass is 294 g/mol. The molecule has 0 radical (unpaired) electrons. The number of ether oxygens (including phenoxy) is 1. The number of carbonyl (C=O) groups excluding carboxylic acids is 1. The predicted molar refractivity (Wildman–Crippen MR) is 77.2 cm³/mol. The Morgan fingerprint density at radius 1 is 1.14 bits per heavy atom. The van der Waals surface area contributed by atoms with Crippen molar-refractivity contribution in [2.24, 2.45) is 0 Å². The van der Waals surface area contributed by atoms with Gasteiger partial charge in [0.15, 0.2) is 0 Å². The van der Waals surface area contributed by atoms with E-state index in [0.29, 0.717) is 5.56 Å². The normalized spacial score (nSPS) is 21.1. The molecule has 0 unspecified atom stereocenters. The molecule has 2 rings (SSSR count). The molecule has 1 heterocycles. The summed E-state index contributed by atoms with van der Waals surface area (Å²) in [6.07, 6.45) is 0. The second kappa shape index (κ2) is 5.42. The van der Waals surface area contributed by atoms with E-state index < -0.39 is 30.1 Å². The van der Waals surface area contributed by atoms with Gasteiger partial charge < -0.3 is 14.0 Å². The van der Waals surface area contributed by atoms with E-state index in [9.17, 15) is 9.18 Å². The van der Waals surface area contributed by atoms with Crippen LogP contribution < -0.4 is 0 Å². The Morgan fingerprint density at radius 2 is 1.62 bits per heavy atom. The summed E-state index contributed by atoms with van der Waals surface area (Å²) in [6, 6.07) is 5.69. The minimum absolute atomic E-state index is 0.365. The molecule has 1 aliphatic heterocycles. The van der Waals surface area contributed by atoms with Crippen LogP contribution in [0.15, 0.2) is 24.3 Å². The third-order valence-corrected chi connectivity index (χ3v) is 4.23. The fourth-order valence-electron chi connectivity index (χ4n) is 2.23. The summed E-state index contributed by atoms with van der Waals surface area (Å²) in [7, 11) is 0.539. The summed E-state index contributed by atoms with van der Waals surface area (Å²) < 4.78 is 29.8. The van der Waals surface area contributed by atoms with Crippen LogP contribution in [0, 0.1) is 5.82 Å². The molecule has 1 aromatic carbocycles. The lowest BCUT2D eigenvalue weighted by molar-refractivity contribution is -0.141. The highest BCUT2D eigenvalue weighted by molar-refractivity contribution is 6.52. The van der Waals surface area contributed by atoms with Crippen LogP contribution in [0.1, 0.15) is 39.1 Å². The molecule has 0 amide bonds. The van der Waals surface area contributed by atoms with Crippen LogP contribution in [-0.2, 0) is 18.8 Å². The van der Waals surface area contributed by atoms with Crippen LogP contribution in [0.5, 0.6) is 0 Å². The number of esters is 1. The predicted octanol–water partition coefficient (Wildman–Crippen LogP) is 2.71. The van der Waals surface area contributed by atoms with Crippen molar-refractivity contribution >= 4 is 13.1 Å². The molecule has 0 N–H and O–H groups in total. The van der Waals surface area contributed by atoms with Gasteiger partial charge in [-0.15, -0.1) is 0 Å². The van der Waals surface area contributed by atoms with Crippen LogP contribution in [0.4, 0.5) is 4.39 Å². The van der Waals surface area contributed by atoms with Gasteiger partial charge in [0.05, 0.1) is 18.3 Å². The van der Waals surface area contributed by atoms with E-state index in [2.05, 4.69) is 0 Å². The zero-order valence-electron chi connectivity index (χ0n) is 13.0. The third-order valence-electron chi connectivity index (χ3n) is 4.23. The first-order valence-corrected chi connectivity index (χ1v) is 6.87. The molecule has 1 fully saturated rings. The molecule has 1 atom stereocenters. The summed E-state index contributed by atoms with van der Waals surface area (Å²) in [6.45, 7) is 7.63. The smallest absolute Gasteiger partial charge is 0.469 e. The fraction of sp³-hybridized carbons (Fsp3) is 0.533. The lowest BCUT2D eigenvalue weighted by atomic mass is 9.68. The van der Waals surface area contributed by atoms with Crippen molar-refractivity contribution in [2.45, 2.75) is 44.7 Å². The van der Waals surface area contributed by atoms with Gasteiger partial charge >= 0.3 is 13.1 Å². The van der Waals surface area contributed by atoms with Crippen molar-refractivity contribution in [1.29, 1.82) is 0 Å². The molecule has 21 heavy (non-hydrogen) atoms. The molecule has 4 nitrogen and oxygen atoms in total. The summed E-state index contributed by atoms with van der Waals surface area (Å²) in [5.74, 6) is -1.59. The summed E-state index contributed by atoms with van der Waals surface area (Å²) in [4.78, 5) is 12.1. The van der Waals surface area contributed by atoms with Gasteiger partial charge in [-0.1, -0.05) is 12.1 Å². The van der Waals surface area contributed by atoms with Gasteiger partial charge in [0.1, 0.15) is 11.6 Å². The summed E-state index contributed by atoms with van der Waals surface area (Å²) in [5.41, 5.74) is -0.504. The van der Waals surface area contributed by atoms with Crippen molar-refractivity contribution in [3.63, 3.8) is 0 Å².